The van der Waals surface area contributed by atoms with Crippen LogP contribution in [-0.2, 0) is 4.79 Å². The number of hydrogen-bond acceptors (Lipinski definition) is 5. The van der Waals surface area contributed by atoms with Crippen molar-refractivity contribution in [1.82, 2.24) is 10.1 Å². The Hall–Kier alpha value is -3.27. The molecular weight excluding hydrogens is 395 g/mol. The zero-order valence-electron chi connectivity index (χ0n) is 14.0. The molecule has 0 aliphatic carbocycles. The van der Waals surface area contributed by atoms with Crippen molar-refractivity contribution in [3.05, 3.63) is 70.7 Å². The Balaban J connectivity index is 1.63. The predicted octanol–water partition coefficient (Wildman–Crippen LogP) is 4.29. The zero-order chi connectivity index (χ0) is 20.1. The second kappa shape index (κ2) is 8.17. The molecule has 0 aliphatic rings. The number of halogens is 3. The monoisotopic (exact) mass is 407 g/mol. The first-order valence-electron chi connectivity index (χ1n) is 7.80. The average molecular weight is 407 g/mol. The molecule has 6 nitrogen and oxygen atoms in total. The molecule has 144 valence electrons. The number of carbonyl (C=O) groups excluding carboxylic acids is 1. The summed E-state index contributed by atoms with van der Waals surface area (Å²) in [7, 11) is 0. The molecule has 3 rings (SSSR count). The van der Waals surface area contributed by atoms with Crippen molar-refractivity contribution >= 4 is 29.4 Å². The van der Waals surface area contributed by atoms with Gasteiger partial charge in [0, 0.05) is 22.2 Å². The third kappa shape index (κ3) is 5.61. The van der Waals surface area contributed by atoms with Crippen LogP contribution in [0.5, 0.6) is 0 Å². The van der Waals surface area contributed by atoms with E-state index in [1.54, 1.807) is 24.3 Å². The van der Waals surface area contributed by atoms with Crippen LogP contribution in [-0.4, -0.2) is 21.6 Å². The summed E-state index contributed by atoms with van der Waals surface area (Å²) in [6.07, 6.45) is 2.74. The summed E-state index contributed by atoms with van der Waals surface area (Å²) in [5, 5.41) is 6.21. The van der Waals surface area contributed by atoms with E-state index in [4.69, 9.17) is 0 Å². The number of carbonyl (C=O) groups is 1. The SMILES string of the molecule is O=C(/C=C/c1ccc(SC(F)(F)F)cc1)Nc1cccc(-c2noc(=O)[nH]2)c1. The molecule has 10 heteroatoms. The molecule has 2 N–H and O–H groups in total. The van der Waals surface area contributed by atoms with Gasteiger partial charge in [-0.25, -0.2) is 4.79 Å². The number of H-pyrrole nitrogens is 1. The van der Waals surface area contributed by atoms with Crippen LogP contribution < -0.4 is 11.1 Å². The number of anilines is 1. The Bertz CT molecular complexity index is 1060. The van der Waals surface area contributed by atoms with Crippen molar-refractivity contribution in [3.8, 4) is 11.4 Å². The number of thioether (sulfide) groups is 1. The van der Waals surface area contributed by atoms with Gasteiger partial charge < -0.3 is 5.32 Å². The maximum Gasteiger partial charge on any atom is 0.446 e. The molecular formula is C18H12F3N3O3S. The van der Waals surface area contributed by atoms with E-state index in [1.807, 2.05) is 0 Å². The molecule has 28 heavy (non-hydrogen) atoms. The van der Waals surface area contributed by atoms with E-state index < -0.39 is 17.2 Å². The molecule has 0 spiro atoms. The lowest BCUT2D eigenvalue weighted by Gasteiger charge is -2.05. The van der Waals surface area contributed by atoms with Gasteiger partial charge in [-0.15, -0.1) is 0 Å². The Morgan fingerprint density at radius 1 is 1.18 bits per heavy atom. The van der Waals surface area contributed by atoms with Crippen LogP contribution >= 0.6 is 11.8 Å². The second-order valence-corrected chi connectivity index (χ2v) is 6.60. The lowest BCUT2D eigenvalue weighted by molar-refractivity contribution is -0.111. The van der Waals surface area contributed by atoms with Crippen molar-refractivity contribution in [2.45, 2.75) is 10.4 Å². The van der Waals surface area contributed by atoms with Crippen molar-refractivity contribution < 1.29 is 22.5 Å². The van der Waals surface area contributed by atoms with Crippen LogP contribution in [0.15, 0.2) is 68.8 Å². The summed E-state index contributed by atoms with van der Waals surface area (Å²) < 4.78 is 41.4. The molecule has 1 heterocycles. The predicted molar refractivity (Wildman–Crippen MR) is 98.6 cm³/mol. The van der Waals surface area contributed by atoms with Crippen LogP contribution in [0.3, 0.4) is 0 Å². The summed E-state index contributed by atoms with van der Waals surface area (Å²) in [6, 6.07) is 12.2. The molecule has 1 aromatic heterocycles. The van der Waals surface area contributed by atoms with E-state index >= 15 is 0 Å². The Labute approximate surface area is 160 Å². The second-order valence-electron chi connectivity index (χ2n) is 5.46. The van der Waals surface area contributed by atoms with Gasteiger partial charge in [-0.2, -0.15) is 13.2 Å². The van der Waals surface area contributed by atoms with Gasteiger partial charge in [-0.05, 0) is 47.7 Å². The number of aromatic amines is 1. The molecule has 0 saturated carbocycles. The first-order valence-corrected chi connectivity index (χ1v) is 8.61. The van der Waals surface area contributed by atoms with Crippen LogP contribution in [0.4, 0.5) is 18.9 Å². The van der Waals surface area contributed by atoms with E-state index in [9.17, 15) is 22.8 Å². The maximum atomic E-state index is 12.3. The van der Waals surface area contributed by atoms with Gasteiger partial charge in [-0.1, -0.05) is 29.4 Å². The lowest BCUT2D eigenvalue weighted by Crippen LogP contribution is -2.07. The fourth-order valence-electron chi connectivity index (χ4n) is 2.23. The van der Waals surface area contributed by atoms with Gasteiger partial charge in [0.15, 0.2) is 5.82 Å². The number of alkyl halides is 3. The summed E-state index contributed by atoms with van der Waals surface area (Å²) in [5.74, 6) is -0.889. The number of nitrogens with zero attached hydrogens (tertiary/aromatic N) is 1. The van der Waals surface area contributed by atoms with E-state index in [1.165, 1.54) is 36.4 Å². The Morgan fingerprint density at radius 2 is 1.93 bits per heavy atom. The van der Waals surface area contributed by atoms with E-state index in [2.05, 4.69) is 20.0 Å². The zero-order valence-corrected chi connectivity index (χ0v) is 14.8. The quantitative estimate of drug-likeness (QED) is 0.487. The number of aromatic nitrogens is 2. The molecule has 0 radical (unpaired) electrons. The highest BCUT2D eigenvalue weighted by atomic mass is 32.2. The van der Waals surface area contributed by atoms with Gasteiger partial charge in [0.2, 0.25) is 5.91 Å². The molecule has 0 unspecified atom stereocenters. The molecule has 3 aromatic rings. The van der Waals surface area contributed by atoms with Crippen molar-refractivity contribution in [3.63, 3.8) is 0 Å². The maximum absolute atomic E-state index is 12.3. The highest BCUT2D eigenvalue weighted by molar-refractivity contribution is 8.00. The first-order chi connectivity index (χ1) is 13.3. The minimum atomic E-state index is -4.34. The Morgan fingerprint density at radius 3 is 2.57 bits per heavy atom. The van der Waals surface area contributed by atoms with Gasteiger partial charge in [0.05, 0.1) is 0 Å². The summed E-state index contributed by atoms with van der Waals surface area (Å²) >= 11 is -0.201. The molecule has 0 bridgehead atoms. The molecule has 1 amide bonds. The lowest BCUT2D eigenvalue weighted by atomic mass is 10.2. The molecule has 0 saturated heterocycles. The number of nitrogens with one attached hydrogen (secondary N) is 2. The number of amides is 1. The summed E-state index contributed by atoms with van der Waals surface area (Å²) in [5.41, 5.74) is -2.75. The topological polar surface area (TPSA) is 88.0 Å². The van der Waals surface area contributed by atoms with Crippen molar-refractivity contribution in [1.29, 1.82) is 0 Å². The van der Waals surface area contributed by atoms with Crippen LogP contribution in [0.1, 0.15) is 5.56 Å². The van der Waals surface area contributed by atoms with E-state index in [0.29, 0.717) is 16.8 Å². The molecule has 0 fully saturated rings. The number of rotatable bonds is 5. The van der Waals surface area contributed by atoms with Gasteiger partial charge in [-0.3, -0.25) is 14.3 Å². The van der Waals surface area contributed by atoms with Gasteiger partial charge >= 0.3 is 11.3 Å². The smallest absolute Gasteiger partial charge is 0.322 e. The molecule has 0 atom stereocenters. The number of benzene rings is 2. The minimum absolute atomic E-state index is 0.0665. The van der Waals surface area contributed by atoms with Crippen molar-refractivity contribution in [2.24, 2.45) is 0 Å². The van der Waals surface area contributed by atoms with Gasteiger partial charge in [0.1, 0.15) is 0 Å². The third-order valence-electron chi connectivity index (χ3n) is 3.38. The fourth-order valence-corrected chi connectivity index (χ4v) is 2.77. The summed E-state index contributed by atoms with van der Waals surface area (Å²) in [4.78, 5) is 25.5. The summed E-state index contributed by atoms with van der Waals surface area (Å²) in [6.45, 7) is 0. The van der Waals surface area contributed by atoms with E-state index in [-0.39, 0.29) is 22.5 Å². The highest BCUT2D eigenvalue weighted by Crippen LogP contribution is 2.36. The first kappa shape index (κ1) is 19.5. The Kier molecular flexibility index (Phi) is 5.69. The third-order valence-corrected chi connectivity index (χ3v) is 4.12. The van der Waals surface area contributed by atoms with Crippen molar-refractivity contribution in [2.75, 3.05) is 5.32 Å². The van der Waals surface area contributed by atoms with Crippen LogP contribution in [0, 0.1) is 0 Å². The number of hydrogen-bond donors (Lipinski definition) is 2. The van der Waals surface area contributed by atoms with Crippen LogP contribution in [0.25, 0.3) is 17.5 Å². The highest BCUT2D eigenvalue weighted by Gasteiger charge is 2.28. The van der Waals surface area contributed by atoms with Crippen LogP contribution in [0.2, 0.25) is 0 Å². The van der Waals surface area contributed by atoms with Gasteiger partial charge in [0.25, 0.3) is 0 Å². The standard InChI is InChI=1S/C18H12F3N3O3S/c19-18(20,21)28-14-7-4-11(5-8-14)6-9-15(25)22-13-3-1-2-12(10-13)16-23-17(26)27-24-16/h1-10H,(H,22,25)(H,23,24,26)/b9-6+. The molecule has 0 aliphatic heterocycles. The average Bonchev–Trinajstić information content (AvgIpc) is 3.07. The largest absolute Gasteiger partial charge is 0.446 e. The fraction of sp³-hybridized carbons (Fsp3) is 0.0556. The van der Waals surface area contributed by atoms with E-state index in [0.717, 1.165) is 0 Å². The minimum Gasteiger partial charge on any atom is -0.322 e. The molecule has 2 aromatic carbocycles. The normalized spacial score (nSPS) is 11.7.